The van der Waals surface area contributed by atoms with Gasteiger partial charge in [0.05, 0.1) is 31.6 Å². The molecular formula is C24H31NO5. The highest BCUT2D eigenvalue weighted by molar-refractivity contribution is 6.01. The number of phenolic OH excluding ortho intramolecular Hbond substituents is 1. The Balaban J connectivity index is 2.00. The van der Waals surface area contributed by atoms with Crippen LogP contribution in [0.1, 0.15) is 41.1 Å². The number of Topliss-reactive ketones (excluding diaryl/α,β-unsaturated/α-hetero) is 1. The second-order valence-electron chi connectivity index (χ2n) is 7.96. The van der Waals surface area contributed by atoms with Crippen molar-refractivity contribution in [3.05, 3.63) is 47.5 Å². The van der Waals surface area contributed by atoms with E-state index in [9.17, 15) is 9.90 Å². The number of carbonyl (C=O) groups is 1. The van der Waals surface area contributed by atoms with Gasteiger partial charge in [-0.25, -0.2) is 0 Å². The van der Waals surface area contributed by atoms with Gasteiger partial charge in [0.15, 0.2) is 5.78 Å². The Morgan fingerprint density at radius 3 is 2.40 bits per heavy atom. The Labute approximate surface area is 178 Å². The quantitative estimate of drug-likeness (QED) is 0.684. The Bertz CT molecular complexity index is 895. The maximum Gasteiger partial charge on any atom is 0.170 e. The molecule has 6 heteroatoms. The number of hydrogen-bond donors (Lipinski definition) is 1. The number of benzene rings is 2. The van der Waals surface area contributed by atoms with Crippen LogP contribution in [0.5, 0.6) is 17.2 Å². The van der Waals surface area contributed by atoms with Crippen molar-refractivity contribution in [2.24, 2.45) is 5.92 Å². The maximum absolute atomic E-state index is 13.6. The van der Waals surface area contributed by atoms with Gasteiger partial charge in [-0.05, 0) is 61.1 Å². The average Bonchev–Trinajstić information content (AvgIpc) is 2.77. The molecule has 162 valence electrons. The number of aromatic hydroxyl groups is 1. The van der Waals surface area contributed by atoms with Gasteiger partial charge in [0.25, 0.3) is 0 Å². The number of carbonyl (C=O) groups excluding carboxylic acids is 1. The molecule has 30 heavy (non-hydrogen) atoms. The molecule has 3 unspecified atom stereocenters. The summed E-state index contributed by atoms with van der Waals surface area (Å²) in [6.45, 7) is 0. The van der Waals surface area contributed by atoms with Crippen LogP contribution in [0, 0.1) is 5.92 Å². The fourth-order valence-electron chi connectivity index (χ4n) is 4.38. The van der Waals surface area contributed by atoms with Crippen molar-refractivity contribution < 1.29 is 24.1 Å². The van der Waals surface area contributed by atoms with Gasteiger partial charge in [0.2, 0.25) is 0 Å². The van der Waals surface area contributed by atoms with Crippen molar-refractivity contribution in [2.45, 2.75) is 31.3 Å². The van der Waals surface area contributed by atoms with Crippen molar-refractivity contribution >= 4 is 11.5 Å². The molecule has 0 heterocycles. The summed E-state index contributed by atoms with van der Waals surface area (Å²) in [6.07, 6.45) is 2.33. The monoisotopic (exact) mass is 413 g/mol. The SMILES string of the molecule is COc1ccc(OC)c(C(=O)C2CCC(OC)CC2c2ccc(N(C)C)c(O)c2)c1. The zero-order chi connectivity index (χ0) is 21.8. The van der Waals surface area contributed by atoms with Crippen molar-refractivity contribution in [2.75, 3.05) is 40.3 Å². The van der Waals surface area contributed by atoms with Crippen molar-refractivity contribution in [1.29, 1.82) is 0 Å². The van der Waals surface area contributed by atoms with Crippen LogP contribution >= 0.6 is 0 Å². The first kappa shape index (κ1) is 22.0. The molecule has 0 saturated heterocycles. The second kappa shape index (κ2) is 9.39. The van der Waals surface area contributed by atoms with Gasteiger partial charge in [-0.3, -0.25) is 4.79 Å². The van der Waals surface area contributed by atoms with Crippen LogP contribution in [0.15, 0.2) is 36.4 Å². The molecule has 1 N–H and O–H groups in total. The van der Waals surface area contributed by atoms with E-state index in [1.807, 2.05) is 31.1 Å². The van der Waals surface area contributed by atoms with E-state index in [1.165, 1.54) is 0 Å². The number of rotatable bonds is 7. The normalized spacial score (nSPS) is 21.2. The fraction of sp³-hybridized carbons (Fsp3) is 0.458. The van der Waals surface area contributed by atoms with E-state index in [0.717, 1.165) is 24.1 Å². The van der Waals surface area contributed by atoms with E-state index in [0.29, 0.717) is 23.5 Å². The summed E-state index contributed by atoms with van der Waals surface area (Å²) in [5.74, 6) is 1.10. The smallest absolute Gasteiger partial charge is 0.170 e. The summed E-state index contributed by atoms with van der Waals surface area (Å²) in [6, 6.07) is 11.0. The lowest BCUT2D eigenvalue weighted by molar-refractivity contribution is 0.0429. The highest BCUT2D eigenvalue weighted by Gasteiger charge is 2.37. The van der Waals surface area contributed by atoms with Gasteiger partial charge >= 0.3 is 0 Å². The molecule has 0 amide bonds. The highest BCUT2D eigenvalue weighted by atomic mass is 16.5. The Hall–Kier alpha value is -2.73. The van der Waals surface area contributed by atoms with Crippen LogP contribution in [0.3, 0.4) is 0 Å². The molecule has 0 spiro atoms. The molecule has 0 aromatic heterocycles. The molecular weight excluding hydrogens is 382 g/mol. The number of hydrogen-bond acceptors (Lipinski definition) is 6. The Kier molecular flexibility index (Phi) is 6.87. The van der Waals surface area contributed by atoms with E-state index in [2.05, 4.69) is 0 Å². The van der Waals surface area contributed by atoms with Crippen LogP contribution in [0.4, 0.5) is 5.69 Å². The van der Waals surface area contributed by atoms with E-state index in [4.69, 9.17) is 14.2 Å². The van der Waals surface area contributed by atoms with E-state index < -0.39 is 0 Å². The molecule has 0 bridgehead atoms. The minimum absolute atomic E-state index is 0.0291. The summed E-state index contributed by atoms with van der Waals surface area (Å²) >= 11 is 0. The molecule has 1 saturated carbocycles. The first-order valence-corrected chi connectivity index (χ1v) is 10.2. The average molecular weight is 414 g/mol. The lowest BCUT2D eigenvalue weighted by Crippen LogP contribution is -2.32. The van der Waals surface area contributed by atoms with Gasteiger partial charge in [-0.1, -0.05) is 6.07 Å². The second-order valence-corrected chi connectivity index (χ2v) is 7.96. The molecule has 3 atom stereocenters. The highest BCUT2D eigenvalue weighted by Crippen LogP contribution is 2.43. The summed E-state index contributed by atoms with van der Waals surface area (Å²) < 4.78 is 16.4. The van der Waals surface area contributed by atoms with Gasteiger partial charge < -0.3 is 24.2 Å². The number of ether oxygens (including phenoxy) is 3. The summed E-state index contributed by atoms with van der Waals surface area (Å²) in [5, 5.41) is 10.5. The van der Waals surface area contributed by atoms with E-state index in [-0.39, 0.29) is 29.5 Å². The van der Waals surface area contributed by atoms with Crippen LogP contribution < -0.4 is 14.4 Å². The molecule has 2 aromatic rings. The predicted octanol–water partition coefficient (Wildman–Crippen LogP) is 4.26. The van der Waals surface area contributed by atoms with E-state index >= 15 is 0 Å². The number of methoxy groups -OCH3 is 3. The minimum atomic E-state index is -0.234. The Morgan fingerprint density at radius 2 is 1.80 bits per heavy atom. The molecule has 3 rings (SSSR count). The predicted molar refractivity (Wildman–Crippen MR) is 117 cm³/mol. The van der Waals surface area contributed by atoms with E-state index in [1.54, 1.807) is 45.6 Å². The molecule has 1 fully saturated rings. The zero-order valence-corrected chi connectivity index (χ0v) is 18.3. The largest absolute Gasteiger partial charge is 0.506 e. The first-order chi connectivity index (χ1) is 14.4. The maximum atomic E-state index is 13.6. The number of anilines is 1. The summed E-state index contributed by atoms with van der Waals surface area (Å²) in [7, 11) is 8.63. The molecule has 2 aromatic carbocycles. The molecule has 6 nitrogen and oxygen atoms in total. The third-order valence-corrected chi connectivity index (χ3v) is 6.05. The topological polar surface area (TPSA) is 68.2 Å². The van der Waals surface area contributed by atoms with Crippen LogP contribution in [0.2, 0.25) is 0 Å². The van der Waals surface area contributed by atoms with Gasteiger partial charge in [0, 0.05) is 27.1 Å². The van der Waals surface area contributed by atoms with Gasteiger partial charge in [-0.15, -0.1) is 0 Å². The van der Waals surface area contributed by atoms with Crippen LogP contribution in [0.25, 0.3) is 0 Å². The summed E-state index contributed by atoms with van der Waals surface area (Å²) in [5.41, 5.74) is 2.21. The van der Waals surface area contributed by atoms with Crippen LogP contribution in [-0.2, 0) is 4.74 Å². The van der Waals surface area contributed by atoms with Gasteiger partial charge in [0.1, 0.15) is 17.2 Å². The summed E-state index contributed by atoms with van der Waals surface area (Å²) in [4.78, 5) is 15.5. The van der Waals surface area contributed by atoms with Crippen molar-refractivity contribution in [1.82, 2.24) is 0 Å². The third kappa shape index (κ3) is 4.38. The van der Waals surface area contributed by atoms with Crippen molar-refractivity contribution in [3.63, 3.8) is 0 Å². The molecule has 0 radical (unpaired) electrons. The lowest BCUT2D eigenvalue weighted by Gasteiger charge is -2.35. The third-order valence-electron chi connectivity index (χ3n) is 6.05. The number of phenols is 1. The molecule has 0 aliphatic heterocycles. The standard InChI is InChI=1S/C24H31NO5/c1-25(2)21-10-6-15(12-22(21)26)19-13-16(28-3)7-9-18(19)24(27)20-14-17(29-4)8-11-23(20)30-5/h6,8,10-12,14,16,18-19,26H,7,9,13H2,1-5H3. The first-order valence-electron chi connectivity index (χ1n) is 10.2. The number of nitrogens with zero attached hydrogens (tertiary/aromatic N) is 1. The zero-order valence-electron chi connectivity index (χ0n) is 18.3. The van der Waals surface area contributed by atoms with Gasteiger partial charge in [-0.2, -0.15) is 0 Å². The molecule has 1 aliphatic carbocycles. The lowest BCUT2D eigenvalue weighted by atomic mass is 9.71. The van der Waals surface area contributed by atoms with Crippen LogP contribution in [-0.4, -0.2) is 52.4 Å². The van der Waals surface area contributed by atoms with Crippen molar-refractivity contribution in [3.8, 4) is 17.2 Å². The fourth-order valence-corrected chi connectivity index (χ4v) is 4.38. The molecule has 1 aliphatic rings. The Morgan fingerprint density at radius 1 is 1.03 bits per heavy atom. The number of ketones is 1. The minimum Gasteiger partial charge on any atom is -0.506 e.